The van der Waals surface area contributed by atoms with Gasteiger partial charge in [0.25, 0.3) is 5.56 Å². The molecule has 1 aromatic carbocycles. The molecule has 2 heterocycles. The third kappa shape index (κ3) is 4.68. The number of hydrogen-bond acceptors (Lipinski definition) is 6. The molecule has 0 unspecified atom stereocenters. The number of esters is 1. The highest BCUT2D eigenvalue weighted by atomic mass is 32.1. The van der Waals surface area contributed by atoms with Crippen LogP contribution in [-0.2, 0) is 11.8 Å². The lowest BCUT2D eigenvalue weighted by Gasteiger charge is -2.22. The number of benzene rings is 1. The number of hydrogen-bond donors (Lipinski definition) is 0. The lowest BCUT2D eigenvalue weighted by Crippen LogP contribution is -2.32. The van der Waals surface area contributed by atoms with E-state index >= 15 is 0 Å². The minimum absolute atomic E-state index is 0.112. The second-order valence-electron chi connectivity index (χ2n) is 7.63. The van der Waals surface area contributed by atoms with E-state index in [2.05, 4.69) is 4.98 Å². The van der Waals surface area contributed by atoms with Crippen LogP contribution in [0.4, 0.5) is 0 Å². The number of nitrogens with zero attached hydrogens (tertiary/aromatic N) is 2. The molecule has 0 saturated heterocycles. The molecule has 0 aliphatic rings. The van der Waals surface area contributed by atoms with E-state index in [9.17, 15) is 9.59 Å². The van der Waals surface area contributed by atoms with Gasteiger partial charge in [-0.3, -0.25) is 9.36 Å². The number of rotatable bonds is 5. The van der Waals surface area contributed by atoms with E-state index in [4.69, 9.17) is 9.47 Å². The van der Waals surface area contributed by atoms with Crippen LogP contribution in [0.3, 0.4) is 0 Å². The van der Waals surface area contributed by atoms with Crippen molar-refractivity contribution in [2.75, 3.05) is 7.11 Å². The van der Waals surface area contributed by atoms with Crippen molar-refractivity contribution in [1.29, 1.82) is 0 Å². The Morgan fingerprint density at radius 2 is 1.83 bits per heavy atom. The number of methoxy groups -OCH3 is 1. The highest BCUT2D eigenvalue weighted by molar-refractivity contribution is 7.13. The molecule has 0 saturated carbocycles. The highest BCUT2D eigenvalue weighted by Gasteiger charge is 2.27. The fourth-order valence-corrected chi connectivity index (χ4v) is 3.71. The third-order valence-corrected chi connectivity index (χ3v) is 5.12. The van der Waals surface area contributed by atoms with Gasteiger partial charge in [-0.05, 0) is 43.3 Å². The third-order valence-electron chi connectivity index (χ3n) is 4.19. The SMILES string of the molecule is COC(=O)c1nc(-c2sccc2/C=C/c2ccccc2)n(C)c(=O)c1OC(C)(C)C. The van der Waals surface area contributed by atoms with Crippen molar-refractivity contribution in [3.05, 3.63) is 69.0 Å². The molecule has 6 nitrogen and oxygen atoms in total. The van der Waals surface area contributed by atoms with E-state index in [0.29, 0.717) is 5.82 Å². The topological polar surface area (TPSA) is 70.4 Å². The minimum Gasteiger partial charge on any atom is -0.480 e. The molecule has 0 N–H and O–H groups in total. The minimum atomic E-state index is -0.717. The Labute approximate surface area is 179 Å². The first-order valence-electron chi connectivity index (χ1n) is 9.40. The summed E-state index contributed by atoms with van der Waals surface area (Å²) in [6.07, 6.45) is 3.95. The van der Waals surface area contributed by atoms with Crippen LogP contribution in [0.1, 0.15) is 42.4 Å². The van der Waals surface area contributed by atoms with E-state index in [1.54, 1.807) is 27.8 Å². The predicted molar refractivity (Wildman–Crippen MR) is 120 cm³/mol. The fourth-order valence-electron chi connectivity index (χ4n) is 2.80. The number of aromatic nitrogens is 2. The quantitative estimate of drug-likeness (QED) is 0.558. The number of ether oxygens (including phenoxy) is 2. The Morgan fingerprint density at radius 3 is 2.47 bits per heavy atom. The lowest BCUT2D eigenvalue weighted by molar-refractivity contribution is 0.0576. The summed E-state index contributed by atoms with van der Waals surface area (Å²) in [5, 5.41) is 1.92. The van der Waals surface area contributed by atoms with Crippen molar-refractivity contribution in [3.8, 4) is 16.5 Å². The summed E-state index contributed by atoms with van der Waals surface area (Å²) in [4.78, 5) is 30.7. The van der Waals surface area contributed by atoms with Crippen molar-refractivity contribution in [3.63, 3.8) is 0 Å². The van der Waals surface area contributed by atoms with Crippen LogP contribution in [0.15, 0.2) is 46.6 Å². The summed E-state index contributed by atoms with van der Waals surface area (Å²) < 4.78 is 12.0. The first-order valence-corrected chi connectivity index (χ1v) is 10.3. The average Bonchev–Trinajstić information content (AvgIpc) is 3.18. The van der Waals surface area contributed by atoms with E-state index < -0.39 is 17.1 Å². The Hall–Kier alpha value is -3.19. The number of carbonyl (C=O) groups excluding carboxylic acids is 1. The second-order valence-corrected chi connectivity index (χ2v) is 8.55. The number of carbonyl (C=O) groups is 1. The molecule has 0 bridgehead atoms. The molecule has 0 spiro atoms. The van der Waals surface area contributed by atoms with Crippen LogP contribution < -0.4 is 10.3 Å². The second kappa shape index (κ2) is 8.67. The van der Waals surface area contributed by atoms with Crippen molar-refractivity contribution < 1.29 is 14.3 Å². The molecule has 3 rings (SSSR count). The van der Waals surface area contributed by atoms with Crippen LogP contribution in [-0.4, -0.2) is 28.2 Å². The van der Waals surface area contributed by atoms with Crippen molar-refractivity contribution >= 4 is 29.5 Å². The van der Waals surface area contributed by atoms with Crippen LogP contribution in [0, 0.1) is 0 Å². The first kappa shape index (κ1) is 21.5. The lowest BCUT2D eigenvalue weighted by atomic mass is 10.1. The largest absolute Gasteiger partial charge is 0.480 e. The molecule has 0 atom stereocenters. The molecule has 7 heteroatoms. The Bertz CT molecular complexity index is 1140. The number of thiophene rings is 1. The van der Waals surface area contributed by atoms with Gasteiger partial charge in [0.1, 0.15) is 5.60 Å². The molecular weight excluding hydrogens is 400 g/mol. The Morgan fingerprint density at radius 1 is 1.13 bits per heavy atom. The summed E-state index contributed by atoms with van der Waals surface area (Å²) in [6, 6.07) is 11.9. The van der Waals surface area contributed by atoms with Crippen molar-refractivity contribution in [1.82, 2.24) is 9.55 Å². The summed E-state index contributed by atoms with van der Waals surface area (Å²) in [6.45, 7) is 5.40. The van der Waals surface area contributed by atoms with Gasteiger partial charge >= 0.3 is 5.97 Å². The van der Waals surface area contributed by atoms with Gasteiger partial charge in [-0.2, -0.15) is 0 Å². The zero-order valence-corrected chi connectivity index (χ0v) is 18.4. The molecule has 0 radical (unpaired) electrons. The maximum absolute atomic E-state index is 13.1. The van der Waals surface area contributed by atoms with Crippen molar-refractivity contribution in [2.45, 2.75) is 26.4 Å². The van der Waals surface area contributed by atoms with Gasteiger partial charge in [0.2, 0.25) is 5.75 Å². The molecule has 0 aliphatic heterocycles. The fraction of sp³-hybridized carbons (Fsp3) is 0.261. The first-order chi connectivity index (χ1) is 14.2. The molecular formula is C23H24N2O4S. The van der Waals surface area contributed by atoms with E-state index in [1.165, 1.54) is 23.0 Å². The van der Waals surface area contributed by atoms with Crippen LogP contribution in [0.5, 0.6) is 5.75 Å². The summed E-state index contributed by atoms with van der Waals surface area (Å²) in [7, 11) is 2.87. The van der Waals surface area contributed by atoms with Gasteiger partial charge in [-0.1, -0.05) is 42.5 Å². The summed E-state index contributed by atoms with van der Waals surface area (Å²) >= 11 is 1.44. The Balaban J connectivity index is 2.13. The molecule has 0 amide bonds. The molecule has 156 valence electrons. The average molecular weight is 425 g/mol. The Kier molecular flexibility index (Phi) is 6.22. The smallest absolute Gasteiger partial charge is 0.360 e. The molecule has 0 aliphatic carbocycles. The van der Waals surface area contributed by atoms with Gasteiger partial charge in [-0.25, -0.2) is 9.78 Å². The highest BCUT2D eigenvalue weighted by Crippen LogP contribution is 2.31. The molecule has 2 aromatic heterocycles. The maximum atomic E-state index is 13.1. The van der Waals surface area contributed by atoms with Gasteiger partial charge in [0.05, 0.1) is 12.0 Å². The normalized spacial score (nSPS) is 11.6. The summed E-state index contributed by atoms with van der Waals surface area (Å²) in [5.74, 6) is -0.450. The van der Waals surface area contributed by atoms with Crippen molar-refractivity contribution in [2.24, 2.45) is 7.05 Å². The van der Waals surface area contributed by atoms with E-state index in [0.717, 1.165) is 16.0 Å². The van der Waals surface area contributed by atoms with Gasteiger partial charge in [0, 0.05) is 7.05 Å². The van der Waals surface area contributed by atoms with Gasteiger partial charge in [0.15, 0.2) is 11.5 Å². The standard InChI is InChI=1S/C23H24N2O4S/c1-23(2,3)29-18-17(22(27)28-5)24-20(25(4)21(18)26)19-16(13-14-30-19)12-11-15-9-7-6-8-10-15/h6-14H,1-5H3/b12-11+. The monoisotopic (exact) mass is 424 g/mol. The van der Waals surface area contributed by atoms with Crippen LogP contribution >= 0.6 is 11.3 Å². The molecule has 0 fully saturated rings. The molecule has 3 aromatic rings. The van der Waals surface area contributed by atoms with E-state index in [-0.39, 0.29) is 11.4 Å². The van der Waals surface area contributed by atoms with Gasteiger partial charge in [-0.15, -0.1) is 11.3 Å². The zero-order chi connectivity index (χ0) is 21.9. The zero-order valence-electron chi connectivity index (χ0n) is 17.6. The maximum Gasteiger partial charge on any atom is 0.360 e. The van der Waals surface area contributed by atoms with E-state index in [1.807, 2.05) is 53.9 Å². The molecule has 30 heavy (non-hydrogen) atoms. The predicted octanol–water partition coefficient (Wildman–Crippen LogP) is 4.64. The van der Waals surface area contributed by atoms with Crippen LogP contribution in [0.2, 0.25) is 0 Å². The van der Waals surface area contributed by atoms with Gasteiger partial charge < -0.3 is 9.47 Å². The van der Waals surface area contributed by atoms with Crippen LogP contribution in [0.25, 0.3) is 22.9 Å². The summed E-state index contributed by atoms with van der Waals surface area (Å²) in [5.41, 5.74) is 0.705.